The van der Waals surface area contributed by atoms with E-state index in [0.29, 0.717) is 12.2 Å². The molecule has 0 heterocycles. The predicted octanol–water partition coefficient (Wildman–Crippen LogP) is 2.48. The second-order valence-electron chi connectivity index (χ2n) is 12.7. The maximum Gasteiger partial charge on any atom is 0.328 e. The van der Waals surface area contributed by atoms with E-state index in [4.69, 9.17) is 15.2 Å². The number of nitrogens with one attached hydrogen (secondary N) is 4. The molecule has 0 radical (unpaired) electrons. The number of carbonyl (C=O) groups excluding carboxylic acids is 6. The highest BCUT2D eigenvalue weighted by Crippen LogP contribution is 2.14. The normalized spacial score (nSPS) is 13.3. The van der Waals surface area contributed by atoms with Gasteiger partial charge in [0.1, 0.15) is 23.9 Å². The Hall–Kier alpha value is -4.78. The molecule has 2 aromatic carbocycles. The van der Waals surface area contributed by atoms with Crippen LogP contribution in [0.25, 0.3) is 0 Å². The molecule has 274 valence electrons. The van der Waals surface area contributed by atoms with Gasteiger partial charge in [-0.15, -0.1) is 0 Å². The van der Waals surface area contributed by atoms with Gasteiger partial charge in [-0.3, -0.25) is 24.0 Å². The molecule has 0 aliphatic carbocycles. The molecule has 0 aliphatic heterocycles. The van der Waals surface area contributed by atoms with Crippen LogP contribution in [0.2, 0.25) is 0 Å². The fourth-order valence-electron chi connectivity index (χ4n) is 4.98. The third kappa shape index (κ3) is 16.1. The Balaban J connectivity index is 1.96. The lowest BCUT2D eigenvalue weighted by atomic mass is 10.0. The first kappa shape index (κ1) is 41.4. The van der Waals surface area contributed by atoms with E-state index < -0.39 is 66.3 Å². The molecule has 0 aromatic heterocycles. The fraction of sp³-hybridized carbons (Fsp3) is 0.514. The third-order valence-corrected chi connectivity index (χ3v) is 7.64. The molecule has 0 aliphatic rings. The second-order valence-corrected chi connectivity index (χ2v) is 12.7. The summed E-state index contributed by atoms with van der Waals surface area (Å²) in [7, 11) is 0. The summed E-state index contributed by atoms with van der Waals surface area (Å²) >= 11 is 0. The summed E-state index contributed by atoms with van der Waals surface area (Å²) in [4.78, 5) is 75.9. The van der Waals surface area contributed by atoms with Crippen molar-refractivity contribution in [3.8, 4) is 5.75 Å². The monoisotopic (exact) mass is 695 g/mol. The highest BCUT2D eigenvalue weighted by atomic mass is 16.5. The van der Waals surface area contributed by atoms with Gasteiger partial charge < -0.3 is 36.5 Å². The number of benzene rings is 2. The van der Waals surface area contributed by atoms with Gasteiger partial charge in [0, 0.05) is 13.3 Å². The maximum absolute atomic E-state index is 13.5. The Morgan fingerprint density at radius 2 is 1.40 bits per heavy atom. The smallest absolute Gasteiger partial charge is 0.328 e. The minimum Gasteiger partial charge on any atom is -0.464 e. The summed E-state index contributed by atoms with van der Waals surface area (Å²) in [6.07, 6.45) is 4.46. The summed E-state index contributed by atoms with van der Waals surface area (Å²) in [6, 6.07) is 11.7. The Kier molecular flexibility index (Phi) is 18.2. The van der Waals surface area contributed by atoms with E-state index in [1.54, 1.807) is 24.3 Å². The zero-order valence-corrected chi connectivity index (χ0v) is 29.8. The van der Waals surface area contributed by atoms with E-state index in [0.717, 1.165) is 36.8 Å². The van der Waals surface area contributed by atoms with Crippen LogP contribution in [-0.4, -0.2) is 72.9 Å². The minimum atomic E-state index is -1.05. The molecule has 13 nitrogen and oxygen atoms in total. The van der Waals surface area contributed by atoms with Crippen molar-refractivity contribution in [1.29, 1.82) is 0 Å². The summed E-state index contributed by atoms with van der Waals surface area (Å²) in [5, 5.41) is 10.5. The Labute approximate surface area is 294 Å². The molecular weight excluding hydrogens is 642 g/mol. The van der Waals surface area contributed by atoms with Crippen molar-refractivity contribution in [2.24, 2.45) is 11.7 Å². The fourth-order valence-corrected chi connectivity index (χ4v) is 4.98. The van der Waals surface area contributed by atoms with Gasteiger partial charge in [0.25, 0.3) is 0 Å². The molecule has 2 rings (SSSR count). The van der Waals surface area contributed by atoms with Crippen LogP contribution in [0.4, 0.5) is 0 Å². The molecule has 0 spiro atoms. The Morgan fingerprint density at radius 1 is 0.740 bits per heavy atom. The molecule has 3 unspecified atom stereocenters. The van der Waals surface area contributed by atoms with Crippen molar-refractivity contribution >= 4 is 35.6 Å². The molecule has 50 heavy (non-hydrogen) atoms. The molecule has 0 saturated carbocycles. The number of hydrogen-bond acceptors (Lipinski definition) is 9. The van der Waals surface area contributed by atoms with Crippen LogP contribution in [0.1, 0.15) is 77.8 Å². The predicted molar refractivity (Wildman–Crippen MR) is 189 cm³/mol. The summed E-state index contributed by atoms with van der Waals surface area (Å²) in [5.74, 6) is -2.92. The van der Waals surface area contributed by atoms with Crippen LogP contribution in [0.3, 0.4) is 0 Å². The lowest BCUT2D eigenvalue weighted by Gasteiger charge is -2.24. The van der Waals surface area contributed by atoms with Gasteiger partial charge >= 0.3 is 11.9 Å². The first-order valence-electron chi connectivity index (χ1n) is 17.2. The van der Waals surface area contributed by atoms with E-state index in [9.17, 15) is 28.8 Å². The van der Waals surface area contributed by atoms with E-state index in [1.807, 2.05) is 44.2 Å². The average molecular weight is 696 g/mol. The minimum absolute atomic E-state index is 0.0857. The van der Waals surface area contributed by atoms with Gasteiger partial charge in [0.15, 0.2) is 0 Å². The van der Waals surface area contributed by atoms with E-state index in [2.05, 4.69) is 28.2 Å². The molecule has 0 bridgehead atoms. The Morgan fingerprint density at radius 3 is 2.02 bits per heavy atom. The van der Waals surface area contributed by atoms with Crippen LogP contribution < -0.4 is 31.7 Å². The standard InChI is InChI=1S/C37H53N5O8/c1-6-7-8-12-19-49-37(48)32(20-24(2)3)42-36(47)31(22-27-13-10-9-11-14-27)41-33(44)23-39-34(45)25(4)40-35(46)30(38)21-28-15-17-29(18-16-28)50-26(5)43/h9-11,13-18,24-25,30-32H,6-8,12,19-23,38H2,1-5H3,(H,39,45)(H,40,46)(H,41,44)(H,42,47)/t25-,30?,31?,32?/m1/s1. The quantitative estimate of drug-likeness (QED) is 0.0741. The highest BCUT2D eigenvalue weighted by Gasteiger charge is 2.29. The summed E-state index contributed by atoms with van der Waals surface area (Å²) in [5.41, 5.74) is 7.55. The molecule has 4 amide bonds. The average Bonchev–Trinajstić information content (AvgIpc) is 3.07. The van der Waals surface area contributed by atoms with E-state index in [-0.39, 0.29) is 25.4 Å². The van der Waals surface area contributed by atoms with E-state index in [1.165, 1.54) is 13.8 Å². The number of unbranched alkanes of at least 4 members (excludes halogenated alkanes) is 3. The molecular formula is C37H53N5O8. The molecule has 2 aromatic rings. The summed E-state index contributed by atoms with van der Waals surface area (Å²) in [6.45, 7) is 8.51. The number of rotatable bonds is 21. The van der Waals surface area contributed by atoms with Gasteiger partial charge in [-0.2, -0.15) is 0 Å². The van der Waals surface area contributed by atoms with Gasteiger partial charge in [-0.25, -0.2) is 4.79 Å². The largest absolute Gasteiger partial charge is 0.464 e. The topological polar surface area (TPSA) is 195 Å². The number of carbonyl (C=O) groups is 6. The number of hydrogen-bond donors (Lipinski definition) is 5. The van der Waals surface area contributed by atoms with Crippen LogP contribution in [-0.2, 0) is 46.3 Å². The van der Waals surface area contributed by atoms with E-state index >= 15 is 0 Å². The summed E-state index contributed by atoms with van der Waals surface area (Å²) < 4.78 is 10.5. The molecule has 4 atom stereocenters. The number of amides is 4. The maximum atomic E-state index is 13.5. The molecule has 0 saturated heterocycles. The van der Waals surface area contributed by atoms with Crippen LogP contribution in [0, 0.1) is 5.92 Å². The number of esters is 2. The highest BCUT2D eigenvalue weighted by molar-refractivity contribution is 5.94. The second kappa shape index (κ2) is 22.0. The van der Waals surface area contributed by atoms with Crippen LogP contribution in [0.15, 0.2) is 54.6 Å². The molecule has 6 N–H and O–H groups in total. The first-order valence-corrected chi connectivity index (χ1v) is 17.2. The molecule has 13 heteroatoms. The zero-order valence-electron chi connectivity index (χ0n) is 29.8. The van der Waals surface area contributed by atoms with Gasteiger partial charge in [0.05, 0.1) is 19.2 Å². The number of ether oxygens (including phenoxy) is 2. The van der Waals surface area contributed by atoms with Crippen molar-refractivity contribution in [3.63, 3.8) is 0 Å². The van der Waals surface area contributed by atoms with Gasteiger partial charge in [-0.05, 0) is 55.4 Å². The van der Waals surface area contributed by atoms with Gasteiger partial charge in [-0.1, -0.05) is 82.5 Å². The van der Waals surface area contributed by atoms with Crippen molar-refractivity contribution in [2.75, 3.05) is 13.2 Å². The van der Waals surface area contributed by atoms with Crippen molar-refractivity contribution < 1.29 is 38.2 Å². The van der Waals surface area contributed by atoms with Gasteiger partial charge in [0.2, 0.25) is 23.6 Å². The van der Waals surface area contributed by atoms with Crippen molar-refractivity contribution in [3.05, 3.63) is 65.7 Å². The lowest BCUT2D eigenvalue weighted by Crippen LogP contribution is -2.55. The van der Waals surface area contributed by atoms with Crippen molar-refractivity contribution in [1.82, 2.24) is 21.3 Å². The first-order chi connectivity index (χ1) is 23.8. The molecule has 0 fully saturated rings. The number of nitrogens with two attached hydrogens (primary N) is 1. The lowest BCUT2D eigenvalue weighted by molar-refractivity contribution is -0.148. The van der Waals surface area contributed by atoms with Crippen LogP contribution >= 0.6 is 0 Å². The Bertz CT molecular complexity index is 1400. The van der Waals surface area contributed by atoms with Crippen molar-refractivity contribution in [2.45, 2.75) is 104 Å². The van der Waals surface area contributed by atoms with Crippen LogP contribution in [0.5, 0.6) is 5.75 Å². The zero-order chi connectivity index (χ0) is 37.1. The SMILES string of the molecule is CCCCCCOC(=O)C(CC(C)C)NC(=O)C(Cc1ccccc1)NC(=O)CNC(=O)[C@@H](C)NC(=O)C(N)Cc1ccc(OC(C)=O)cc1. The third-order valence-electron chi connectivity index (χ3n) is 7.64.